The van der Waals surface area contributed by atoms with Crippen molar-refractivity contribution in [1.82, 2.24) is 9.38 Å². The molecule has 1 aliphatic heterocycles. The summed E-state index contributed by atoms with van der Waals surface area (Å²) in [7, 11) is 0. The van der Waals surface area contributed by atoms with Gasteiger partial charge in [-0.25, -0.2) is 4.98 Å². The first-order chi connectivity index (χ1) is 11.9. The number of fused-ring (bicyclic) bond motifs is 2. The molecule has 0 aliphatic carbocycles. The van der Waals surface area contributed by atoms with Crippen molar-refractivity contribution in [2.45, 2.75) is 26.2 Å². The summed E-state index contributed by atoms with van der Waals surface area (Å²) in [6, 6.07) is 9.15. The van der Waals surface area contributed by atoms with Crippen LogP contribution in [0.4, 0.5) is 11.5 Å². The summed E-state index contributed by atoms with van der Waals surface area (Å²) in [6.07, 6.45) is 1.80. The Balaban J connectivity index is 1.81. The van der Waals surface area contributed by atoms with Gasteiger partial charge >= 0.3 is 0 Å². The molecule has 0 fully saturated rings. The Hall–Kier alpha value is -2.60. The Labute approximate surface area is 150 Å². The predicted octanol–water partition coefficient (Wildman–Crippen LogP) is 5.43. The minimum Gasteiger partial charge on any atom is -0.454 e. The average molecular weight is 357 g/mol. The lowest BCUT2D eigenvalue weighted by atomic mass is 9.92. The largest absolute Gasteiger partial charge is 0.454 e. The highest BCUT2D eigenvalue weighted by molar-refractivity contribution is 6.30. The number of pyridine rings is 1. The summed E-state index contributed by atoms with van der Waals surface area (Å²) in [5.41, 5.74) is 2.15. The molecule has 128 valence electrons. The monoisotopic (exact) mass is 356 g/mol. The molecule has 6 nitrogen and oxygen atoms in total. The van der Waals surface area contributed by atoms with E-state index in [2.05, 4.69) is 31.0 Å². The highest BCUT2D eigenvalue weighted by Crippen LogP contribution is 2.37. The number of aromatic nitrogens is 2. The molecule has 0 saturated heterocycles. The first-order valence-electron chi connectivity index (χ1n) is 7.91. The zero-order chi connectivity index (χ0) is 17.6. The third kappa shape index (κ3) is 2.93. The van der Waals surface area contributed by atoms with Crippen molar-refractivity contribution in [3.63, 3.8) is 0 Å². The van der Waals surface area contributed by atoms with Crippen LogP contribution in [0.5, 0.6) is 11.5 Å². The highest BCUT2D eigenvalue weighted by Gasteiger charge is 2.24. The number of nitrogens with zero attached hydrogens (tertiary/aromatic N) is 4. The normalized spacial score (nSPS) is 13.9. The topological polar surface area (TPSA) is 60.5 Å². The Morgan fingerprint density at radius 3 is 2.68 bits per heavy atom. The molecule has 25 heavy (non-hydrogen) atoms. The van der Waals surface area contributed by atoms with Gasteiger partial charge in [-0.05, 0) is 24.3 Å². The van der Waals surface area contributed by atoms with E-state index >= 15 is 0 Å². The third-order valence-electron chi connectivity index (χ3n) is 3.88. The van der Waals surface area contributed by atoms with Gasteiger partial charge in [-0.2, -0.15) is 0 Å². The summed E-state index contributed by atoms with van der Waals surface area (Å²) in [6.45, 7) is 6.51. The fraction of sp³-hybridized carbons (Fsp3) is 0.278. The third-order valence-corrected chi connectivity index (χ3v) is 4.11. The highest BCUT2D eigenvalue weighted by atomic mass is 35.5. The lowest BCUT2D eigenvalue weighted by Gasteiger charge is -2.15. The second-order valence-corrected chi connectivity index (χ2v) is 7.28. The first kappa shape index (κ1) is 15.9. The number of hydrogen-bond donors (Lipinski definition) is 0. The maximum absolute atomic E-state index is 6.14. The number of halogens is 1. The van der Waals surface area contributed by atoms with Crippen molar-refractivity contribution in [2.75, 3.05) is 6.79 Å². The number of ether oxygens (including phenoxy) is 2. The fourth-order valence-corrected chi connectivity index (χ4v) is 2.82. The average Bonchev–Trinajstić information content (AvgIpc) is 3.15. The van der Waals surface area contributed by atoms with Crippen molar-refractivity contribution in [3.8, 4) is 11.5 Å². The van der Waals surface area contributed by atoms with Crippen LogP contribution in [0.25, 0.3) is 5.65 Å². The molecule has 0 saturated carbocycles. The van der Waals surface area contributed by atoms with E-state index in [1.165, 1.54) is 0 Å². The van der Waals surface area contributed by atoms with Gasteiger partial charge in [0, 0.05) is 17.7 Å². The van der Waals surface area contributed by atoms with Gasteiger partial charge in [0.25, 0.3) is 0 Å². The summed E-state index contributed by atoms with van der Waals surface area (Å²) < 4.78 is 12.6. The van der Waals surface area contributed by atoms with Gasteiger partial charge in [-0.1, -0.05) is 32.4 Å². The number of imidazole rings is 1. The molecule has 0 radical (unpaired) electrons. The van der Waals surface area contributed by atoms with Crippen molar-refractivity contribution >= 4 is 28.8 Å². The quantitative estimate of drug-likeness (QED) is 0.575. The van der Waals surface area contributed by atoms with Gasteiger partial charge in [0.15, 0.2) is 17.3 Å². The molecular formula is C18H17ClN4O2. The lowest BCUT2D eigenvalue weighted by molar-refractivity contribution is 0.174. The SMILES string of the molecule is CC(C)(C)c1nc2ccc(Cl)cn2c1N=Nc1ccc2c(c1)OCO2. The van der Waals surface area contributed by atoms with E-state index in [4.69, 9.17) is 26.1 Å². The standard InChI is InChI=1S/C18H17ClN4O2/c1-18(2,3)16-17(23-9-11(19)4-7-15(23)20-16)22-21-12-5-6-13-14(8-12)25-10-24-13/h4-9H,10H2,1-3H3. The molecule has 0 atom stereocenters. The van der Waals surface area contributed by atoms with E-state index in [1.807, 2.05) is 28.7 Å². The molecule has 1 aliphatic rings. The van der Waals surface area contributed by atoms with Crippen LogP contribution in [0.2, 0.25) is 5.02 Å². The van der Waals surface area contributed by atoms with E-state index in [0.717, 1.165) is 17.1 Å². The van der Waals surface area contributed by atoms with Crippen LogP contribution in [0.15, 0.2) is 46.8 Å². The van der Waals surface area contributed by atoms with Crippen LogP contribution < -0.4 is 9.47 Å². The summed E-state index contributed by atoms with van der Waals surface area (Å²) in [4.78, 5) is 4.70. The number of azo groups is 1. The van der Waals surface area contributed by atoms with E-state index in [0.29, 0.717) is 22.3 Å². The summed E-state index contributed by atoms with van der Waals surface area (Å²) >= 11 is 6.14. The number of rotatable bonds is 2. The zero-order valence-corrected chi connectivity index (χ0v) is 14.9. The van der Waals surface area contributed by atoms with Crippen LogP contribution in [0, 0.1) is 0 Å². The fourth-order valence-electron chi connectivity index (χ4n) is 2.66. The van der Waals surface area contributed by atoms with E-state index < -0.39 is 0 Å². The maximum Gasteiger partial charge on any atom is 0.231 e. The van der Waals surface area contributed by atoms with Crippen LogP contribution >= 0.6 is 11.6 Å². The minimum absolute atomic E-state index is 0.179. The Kier molecular flexibility index (Phi) is 3.65. The molecule has 0 unspecified atom stereocenters. The molecule has 7 heteroatoms. The predicted molar refractivity (Wildman–Crippen MR) is 95.6 cm³/mol. The Morgan fingerprint density at radius 2 is 1.88 bits per heavy atom. The molecule has 0 spiro atoms. The van der Waals surface area contributed by atoms with Crippen molar-refractivity contribution in [3.05, 3.63) is 47.2 Å². The lowest BCUT2D eigenvalue weighted by Crippen LogP contribution is -2.11. The van der Waals surface area contributed by atoms with Gasteiger partial charge in [-0.3, -0.25) is 4.40 Å². The minimum atomic E-state index is -0.179. The molecule has 0 amide bonds. The van der Waals surface area contributed by atoms with Gasteiger partial charge < -0.3 is 9.47 Å². The molecule has 3 heterocycles. The molecule has 2 aromatic heterocycles. The van der Waals surface area contributed by atoms with E-state index in [1.54, 1.807) is 12.3 Å². The number of benzene rings is 1. The van der Waals surface area contributed by atoms with Crippen molar-refractivity contribution < 1.29 is 9.47 Å². The molecule has 3 aromatic rings. The van der Waals surface area contributed by atoms with Crippen molar-refractivity contribution in [2.24, 2.45) is 10.2 Å². The van der Waals surface area contributed by atoms with Gasteiger partial charge in [0.05, 0.1) is 16.4 Å². The Morgan fingerprint density at radius 1 is 1.08 bits per heavy atom. The van der Waals surface area contributed by atoms with E-state index in [-0.39, 0.29) is 12.2 Å². The maximum atomic E-state index is 6.14. The van der Waals surface area contributed by atoms with Crippen molar-refractivity contribution in [1.29, 1.82) is 0 Å². The number of hydrogen-bond acceptors (Lipinski definition) is 5. The Bertz CT molecular complexity index is 989. The molecule has 4 rings (SSSR count). The van der Waals surface area contributed by atoms with Gasteiger partial charge in [0.2, 0.25) is 6.79 Å². The van der Waals surface area contributed by atoms with Crippen LogP contribution in [-0.4, -0.2) is 16.2 Å². The van der Waals surface area contributed by atoms with Crippen LogP contribution in [0.3, 0.4) is 0 Å². The molecule has 1 aromatic carbocycles. The first-order valence-corrected chi connectivity index (χ1v) is 8.29. The van der Waals surface area contributed by atoms with Crippen LogP contribution in [0.1, 0.15) is 26.5 Å². The molecule has 0 N–H and O–H groups in total. The van der Waals surface area contributed by atoms with E-state index in [9.17, 15) is 0 Å². The molecule has 0 bridgehead atoms. The van der Waals surface area contributed by atoms with Gasteiger partial charge in [-0.15, -0.1) is 10.2 Å². The van der Waals surface area contributed by atoms with Gasteiger partial charge in [0.1, 0.15) is 5.65 Å². The zero-order valence-electron chi connectivity index (χ0n) is 14.2. The smallest absolute Gasteiger partial charge is 0.231 e. The summed E-state index contributed by atoms with van der Waals surface area (Å²) in [5, 5.41) is 9.45. The summed E-state index contributed by atoms with van der Waals surface area (Å²) in [5.74, 6) is 2.06. The van der Waals surface area contributed by atoms with Crippen LogP contribution in [-0.2, 0) is 5.41 Å². The molecular weight excluding hydrogens is 340 g/mol. The second-order valence-electron chi connectivity index (χ2n) is 6.85. The second kappa shape index (κ2) is 5.74.